The van der Waals surface area contributed by atoms with Crippen molar-refractivity contribution in [3.8, 4) is 0 Å². The van der Waals surface area contributed by atoms with E-state index in [0.29, 0.717) is 6.42 Å². The molecule has 1 N–H and O–H groups in total. The summed E-state index contributed by atoms with van der Waals surface area (Å²) < 4.78 is 0. The number of benzene rings is 1. The fraction of sp³-hybridized carbons (Fsp3) is 0.231. The van der Waals surface area contributed by atoms with Crippen molar-refractivity contribution >= 4 is 17.2 Å². The fourth-order valence-electron chi connectivity index (χ4n) is 1.58. The van der Waals surface area contributed by atoms with Crippen LogP contribution in [0.5, 0.6) is 0 Å². The highest BCUT2D eigenvalue weighted by Gasteiger charge is 2.11. The predicted molar refractivity (Wildman–Crippen MR) is 68.8 cm³/mol. The van der Waals surface area contributed by atoms with Crippen molar-refractivity contribution in [2.24, 2.45) is 0 Å². The van der Waals surface area contributed by atoms with Gasteiger partial charge in [-0.05, 0) is 12.5 Å². The van der Waals surface area contributed by atoms with E-state index in [1.54, 1.807) is 17.5 Å². The molecular weight excluding hydrogens is 232 g/mol. The third-order valence-electron chi connectivity index (χ3n) is 2.41. The Morgan fingerprint density at radius 3 is 2.82 bits per heavy atom. The molecule has 1 amide bonds. The van der Waals surface area contributed by atoms with Gasteiger partial charge < -0.3 is 5.32 Å². The van der Waals surface area contributed by atoms with E-state index in [1.165, 1.54) is 0 Å². The fourth-order valence-corrected chi connectivity index (χ4v) is 2.23. The molecule has 88 valence electrons. The molecule has 1 atom stereocenters. The van der Waals surface area contributed by atoms with Gasteiger partial charge in [-0.15, -0.1) is 11.3 Å². The maximum atomic E-state index is 11.8. The highest BCUT2D eigenvalue weighted by Crippen LogP contribution is 2.14. The maximum Gasteiger partial charge on any atom is 0.224 e. The molecule has 1 aromatic carbocycles. The molecule has 0 bridgehead atoms. The zero-order valence-electron chi connectivity index (χ0n) is 9.59. The van der Waals surface area contributed by atoms with Crippen LogP contribution in [0, 0.1) is 0 Å². The lowest BCUT2D eigenvalue weighted by molar-refractivity contribution is -0.121. The summed E-state index contributed by atoms with van der Waals surface area (Å²) in [6.07, 6.45) is 2.16. The van der Waals surface area contributed by atoms with Gasteiger partial charge >= 0.3 is 0 Å². The standard InChI is InChI=1S/C13H14N2OS/c1-10(13-14-7-8-17-13)15-12(16)9-11-5-3-2-4-6-11/h2-8,10H,9H2,1H3,(H,15,16). The number of thiazole rings is 1. The zero-order chi connectivity index (χ0) is 12.1. The van der Waals surface area contributed by atoms with Gasteiger partial charge in [-0.3, -0.25) is 4.79 Å². The highest BCUT2D eigenvalue weighted by atomic mass is 32.1. The first-order chi connectivity index (χ1) is 8.25. The van der Waals surface area contributed by atoms with Crippen LogP contribution in [-0.2, 0) is 11.2 Å². The molecule has 17 heavy (non-hydrogen) atoms. The Kier molecular flexibility index (Phi) is 3.88. The lowest BCUT2D eigenvalue weighted by Crippen LogP contribution is -2.27. The van der Waals surface area contributed by atoms with Crippen molar-refractivity contribution in [2.75, 3.05) is 0 Å². The Labute approximate surface area is 105 Å². The second-order valence-electron chi connectivity index (χ2n) is 3.82. The Morgan fingerprint density at radius 1 is 1.41 bits per heavy atom. The second-order valence-corrected chi connectivity index (χ2v) is 4.75. The summed E-state index contributed by atoms with van der Waals surface area (Å²) in [7, 11) is 0. The van der Waals surface area contributed by atoms with E-state index in [9.17, 15) is 4.79 Å². The van der Waals surface area contributed by atoms with Crippen molar-refractivity contribution < 1.29 is 4.79 Å². The summed E-state index contributed by atoms with van der Waals surface area (Å²) in [6.45, 7) is 1.95. The average molecular weight is 246 g/mol. The summed E-state index contributed by atoms with van der Waals surface area (Å²) in [5.74, 6) is 0.0268. The maximum absolute atomic E-state index is 11.8. The minimum absolute atomic E-state index is 0.0220. The molecule has 1 heterocycles. The molecule has 0 radical (unpaired) electrons. The van der Waals surface area contributed by atoms with E-state index in [2.05, 4.69) is 10.3 Å². The second kappa shape index (κ2) is 5.59. The lowest BCUT2D eigenvalue weighted by atomic mass is 10.1. The van der Waals surface area contributed by atoms with E-state index in [4.69, 9.17) is 0 Å². The Hall–Kier alpha value is -1.68. The number of hydrogen-bond donors (Lipinski definition) is 1. The summed E-state index contributed by atoms with van der Waals surface area (Å²) >= 11 is 1.55. The van der Waals surface area contributed by atoms with Gasteiger partial charge in [0.05, 0.1) is 12.5 Å². The normalized spacial score (nSPS) is 12.1. The van der Waals surface area contributed by atoms with Crippen LogP contribution in [0.1, 0.15) is 23.5 Å². The predicted octanol–water partition coefficient (Wildman–Crippen LogP) is 2.56. The molecule has 0 saturated heterocycles. The number of hydrogen-bond acceptors (Lipinski definition) is 3. The summed E-state index contributed by atoms with van der Waals surface area (Å²) in [4.78, 5) is 16.0. The van der Waals surface area contributed by atoms with Crippen LogP contribution in [-0.4, -0.2) is 10.9 Å². The van der Waals surface area contributed by atoms with Crippen LogP contribution in [0.2, 0.25) is 0 Å². The van der Waals surface area contributed by atoms with Crippen LogP contribution in [0.4, 0.5) is 0 Å². The van der Waals surface area contributed by atoms with Crippen molar-refractivity contribution in [3.05, 3.63) is 52.5 Å². The van der Waals surface area contributed by atoms with E-state index < -0.39 is 0 Å². The first-order valence-electron chi connectivity index (χ1n) is 5.48. The quantitative estimate of drug-likeness (QED) is 0.901. The van der Waals surface area contributed by atoms with Gasteiger partial charge in [0.2, 0.25) is 5.91 Å². The molecule has 2 rings (SSSR count). The van der Waals surface area contributed by atoms with Crippen molar-refractivity contribution in [1.82, 2.24) is 10.3 Å². The van der Waals surface area contributed by atoms with Gasteiger partial charge in [-0.25, -0.2) is 4.98 Å². The lowest BCUT2D eigenvalue weighted by Gasteiger charge is -2.11. The molecule has 0 fully saturated rings. The van der Waals surface area contributed by atoms with Crippen LogP contribution in [0.3, 0.4) is 0 Å². The first-order valence-corrected chi connectivity index (χ1v) is 6.36. The van der Waals surface area contributed by atoms with Gasteiger partial charge in [0.15, 0.2) is 0 Å². The van der Waals surface area contributed by atoms with Crippen LogP contribution < -0.4 is 5.32 Å². The largest absolute Gasteiger partial charge is 0.347 e. The number of nitrogens with zero attached hydrogens (tertiary/aromatic N) is 1. The monoisotopic (exact) mass is 246 g/mol. The van der Waals surface area contributed by atoms with Gasteiger partial charge in [-0.1, -0.05) is 30.3 Å². The molecular formula is C13H14N2OS. The van der Waals surface area contributed by atoms with Crippen LogP contribution in [0.15, 0.2) is 41.9 Å². The Bertz CT molecular complexity index is 467. The third-order valence-corrected chi connectivity index (χ3v) is 3.37. The average Bonchev–Trinajstić information content (AvgIpc) is 2.83. The molecule has 1 aromatic heterocycles. The zero-order valence-corrected chi connectivity index (χ0v) is 10.4. The number of amides is 1. The number of nitrogens with one attached hydrogen (secondary N) is 1. The summed E-state index contributed by atoms with van der Waals surface area (Å²) in [6, 6.07) is 9.70. The molecule has 0 saturated carbocycles. The smallest absolute Gasteiger partial charge is 0.224 e. The Morgan fingerprint density at radius 2 is 2.18 bits per heavy atom. The number of aromatic nitrogens is 1. The highest BCUT2D eigenvalue weighted by molar-refractivity contribution is 7.09. The van der Waals surface area contributed by atoms with Crippen molar-refractivity contribution in [2.45, 2.75) is 19.4 Å². The van der Waals surface area contributed by atoms with Gasteiger partial charge in [0.1, 0.15) is 5.01 Å². The topological polar surface area (TPSA) is 42.0 Å². The van der Waals surface area contributed by atoms with Crippen LogP contribution in [0.25, 0.3) is 0 Å². The van der Waals surface area contributed by atoms with E-state index in [-0.39, 0.29) is 11.9 Å². The molecule has 2 aromatic rings. The Balaban J connectivity index is 1.90. The molecule has 0 aliphatic carbocycles. The molecule has 3 nitrogen and oxygen atoms in total. The van der Waals surface area contributed by atoms with E-state index in [0.717, 1.165) is 10.6 Å². The van der Waals surface area contributed by atoms with Crippen molar-refractivity contribution in [1.29, 1.82) is 0 Å². The number of carbonyl (C=O) groups is 1. The molecule has 1 unspecified atom stereocenters. The molecule has 4 heteroatoms. The van der Waals surface area contributed by atoms with Crippen molar-refractivity contribution in [3.63, 3.8) is 0 Å². The van der Waals surface area contributed by atoms with Gasteiger partial charge in [-0.2, -0.15) is 0 Å². The summed E-state index contributed by atoms with van der Waals surface area (Å²) in [5.41, 5.74) is 1.02. The molecule has 0 spiro atoms. The minimum atomic E-state index is -0.0220. The van der Waals surface area contributed by atoms with Crippen LogP contribution >= 0.6 is 11.3 Å². The minimum Gasteiger partial charge on any atom is -0.347 e. The SMILES string of the molecule is CC(NC(=O)Cc1ccccc1)c1nccs1. The number of rotatable bonds is 4. The first kappa shape index (κ1) is 11.8. The van der Waals surface area contributed by atoms with Gasteiger partial charge in [0.25, 0.3) is 0 Å². The molecule has 0 aliphatic rings. The summed E-state index contributed by atoms with van der Waals surface area (Å²) in [5, 5.41) is 5.79. The van der Waals surface area contributed by atoms with E-state index in [1.807, 2.05) is 42.6 Å². The third kappa shape index (κ3) is 3.39. The molecule has 0 aliphatic heterocycles. The number of carbonyl (C=O) groups excluding carboxylic acids is 1. The van der Waals surface area contributed by atoms with Gasteiger partial charge in [0, 0.05) is 11.6 Å². The van der Waals surface area contributed by atoms with E-state index >= 15 is 0 Å².